The second-order valence-electron chi connectivity index (χ2n) is 4.71. The molecule has 0 aliphatic rings. The lowest BCUT2D eigenvalue weighted by Crippen LogP contribution is -2.21. The maximum absolute atomic E-state index is 4.24. The molecule has 0 radical (unpaired) electrons. The van der Waals surface area contributed by atoms with Gasteiger partial charge in [0, 0.05) is 24.6 Å². The summed E-state index contributed by atoms with van der Waals surface area (Å²) >= 11 is 0. The van der Waals surface area contributed by atoms with Crippen molar-refractivity contribution in [2.24, 2.45) is 0 Å². The zero-order chi connectivity index (χ0) is 14.2. The third-order valence-electron chi connectivity index (χ3n) is 3.34. The van der Waals surface area contributed by atoms with Gasteiger partial charge < -0.3 is 5.32 Å². The van der Waals surface area contributed by atoms with Crippen molar-refractivity contribution in [3.63, 3.8) is 0 Å². The molecule has 0 atom stereocenters. The Morgan fingerprint density at radius 1 is 1.05 bits per heavy atom. The maximum atomic E-state index is 4.24. The van der Waals surface area contributed by atoms with Gasteiger partial charge in [0.05, 0.1) is 18.4 Å². The van der Waals surface area contributed by atoms with E-state index in [1.54, 1.807) is 18.6 Å². The molecule has 106 valence electrons. The smallest absolute Gasteiger partial charge is 0.0777 e. The third kappa shape index (κ3) is 4.31. The maximum Gasteiger partial charge on any atom is 0.0777 e. The van der Waals surface area contributed by atoms with Crippen molar-refractivity contribution in [1.82, 2.24) is 14.9 Å². The zero-order valence-corrected chi connectivity index (χ0v) is 12.2. The van der Waals surface area contributed by atoms with Crippen LogP contribution in [0, 0.1) is 0 Å². The predicted octanol–water partition coefficient (Wildman–Crippen LogP) is 2.93. The van der Waals surface area contributed by atoms with Crippen LogP contribution in [-0.2, 0) is 13.1 Å². The average molecular weight is 270 g/mol. The van der Waals surface area contributed by atoms with Crippen LogP contribution in [0.2, 0.25) is 0 Å². The van der Waals surface area contributed by atoms with Crippen LogP contribution < -0.4 is 5.32 Å². The van der Waals surface area contributed by atoms with E-state index in [1.165, 1.54) is 5.56 Å². The van der Waals surface area contributed by atoms with Crippen molar-refractivity contribution in [2.75, 3.05) is 18.4 Å². The van der Waals surface area contributed by atoms with Crippen molar-refractivity contribution in [3.05, 3.63) is 54.1 Å². The molecule has 1 N–H and O–H groups in total. The van der Waals surface area contributed by atoms with Gasteiger partial charge >= 0.3 is 0 Å². The molecular formula is C16H22N4. The Hall–Kier alpha value is -1.94. The minimum Gasteiger partial charge on any atom is -0.379 e. The fraction of sp³-hybridized carbons (Fsp3) is 0.375. The molecule has 0 amide bonds. The number of rotatable bonds is 7. The van der Waals surface area contributed by atoms with Crippen molar-refractivity contribution >= 4 is 5.69 Å². The Morgan fingerprint density at radius 3 is 2.40 bits per heavy atom. The van der Waals surface area contributed by atoms with Gasteiger partial charge in [0.2, 0.25) is 0 Å². The molecule has 1 aromatic carbocycles. The SMILES string of the molecule is CCN(CC)Cc1ccc(NCc2cnccn2)cc1. The Kier molecular flexibility index (Phi) is 5.50. The first-order chi connectivity index (χ1) is 9.81. The molecule has 2 rings (SSSR count). The summed E-state index contributed by atoms with van der Waals surface area (Å²) in [5.74, 6) is 0. The molecule has 0 bridgehead atoms. The summed E-state index contributed by atoms with van der Waals surface area (Å²) in [5, 5.41) is 3.35. The highest BCUT2D eigenvalue weighted by atomic mass is 15.1. The van der Waals surface area contributed by atoms with Crippen molar-refractivity contribution in [2.45, 2.75) is 26.9 Å². The molecule has 4 heteroatoms. The highest BCUT2D eigenvalue weighted by Crippen LogP contribution is 2.12. The second-order valence-corrected chi connectivity index (χ2v) is 4.71. The lowest BCUT2D eigenvalue weighted by atomic mass is 10.2. The van der Waals surface area contributed by atoms with Gasteiger partial charge in [0.1, 0.15) is 0 Å². The summed E-state index contributed by atoms with van der Waals surface area (Å²) in [7, 11) is 0. The number of aromatic nitrogens is 2. The van der Waals surface area contributed by atoms with Gasteiger partial charge in [0.15, 0.2) is 0 Å². The normalized spacial score (nSPS) is 10.8. The predicted molar refractivity (Wildman–Crippen MR) is 82.4 cm³/mol. The van der Waals surface area contributed by atoms with E-state index in [4.69, 9.17) is 0 Å². The number of benzene rings is 1. The molecule has 0 spiro atoms. The molecule has 0 saturated heterocycles. The number of hydrogen-bond acceptors (Lipinski definition) is 4. The number of nitrogens with one attached hydrogen (secondary N) is 1. The van der Waals surface area contributed by atoms with Crippen molar-refractivity contribution < 1.29 is 0 Å². The Labute approximate surface area is 120 Å². The fourth-order valence-electron chi connectivity index (χ4n) is 2.05. The first-order valence-corrected chi connectivity index (χ1v) is 7.12. The number of nitrogens with zero attached hydrogens (tertiary/aromatic N) is 3. The lowest BCUT2D eigenvalue weighted by molar-refractivity contribution is 0.296. The van der Waals surface area contributed by atoms with Gasteiger partial charge in [0.25, 0.3) is 0 Å². The topological polar surface area (TPSA) is 41.0 Å². The molecule has 0 aliphatic heterocycles. The monoisotopic (exact) mass is 270 g/mol. The first kappa shape index (κ1) is 14.5. The second kappa shape index (κ2) is 7.60. The zero-order valence-electron chi connectivity index (χ0n) is 12.2. The molecule has 0 aliphatic carbocycles. The van der Waals surface area contributed by atoms with E-state index in [1.807, 2.05) is 0 Å². The van der Waals surface area contributed by atoms with Crippen LogP contribution in [0.1, 0.15) is 25.1 Å². The molecule has 4 nitrogen and oxygen atoms in total. The Balaban J connectivity index is 1.88. The molecule has 0 unspecified atom stereocenters. The molecular weight excluding hydrogens is 248 g/mol. The molecule has 1 heterocycles. The third-order valence-corrected chi connectivity index (χ3v) is 3.34. The minimum absolute atomic E-state index is 0.698. The first-order valence-electron chi connectivity index (χ1n) is 7.12. The largest absolute Gasteiger partial charge is 0.379 e. The minimum atomic E-state index is 0.698. The summed E-state index contributed by atoms with van der Waals surface area (Å²) < 4.78 is 0. The van der Waals surface area contributed by atoms with Gasteiger partial charge in [-0.05, 0) is 30.8 Å². The Morgan fingerprint density at radius 2 is 1.80 bits per heavy atom. The van der Waals surface area contributed by atoms with Gasteiger partial charge in [-0.3, -0.25) is 14.9 Å². The summed E-state index contributed by atoms with van der Waals surface area (Å²) in [6, 6.07) is 8.60. The van der Waals surface area contributed by atoms with E-state index in [9.17, 15) is 0 Å². The van der Waals surface area contributed by atoms with Gasteiger partial charge in [-0.1, -0.05) is 26.0 Å². The van der Waals surface area contributed by atoms with Gasteiger partial charge in [-0.2, -0.15) is 0 Å². The van der Waals surface area contributed by atoms with E-state index in [2.05, 4.69) is 58.3 Å². The van der Waals surface area contributed by atoms with Crippen LogP contribution in [0.25, 0.3) is 0 Å². The van der Waals surface area contributed by atoms with E-state index in [0.29, 0.717) is 6.54 Å². The highest BCUT2D eigenvalue weighted by molar-refractivity contribution is 5.44. The van der Waals surface area contributed by atoms with E-state index < -0.39 is 0 Å². The number of hydrogen-bond donors (Lipinski definition) is 1. The van der Waals surface area contributed by atoms with Crippen LogP contribution in [0.3, 0.4) is 0 Å². The number of anilines is 1. The summed E-state index contributed by atoms with van der Waals surface area (Å²) in [6.45, 7) is 8.27. The van der Waals surface area contributed by atoms with Crippen LogP contribution >= 0.6 is 0 Å². The van der Waals surface area contributed by atoms with Crippen LogP contribution in [0.5, 0.6) is 0 Å². The molecule has 20 heavy (non-hydrogen) atoms. The van der Waals surface area contributed by atoms with Crippen LogP contribution in [0.4, 0.5) is 5.69 Å². The molecule has 1 aromatic heterocycles. The summed E-state index contributed by atoms with van der Waals surface area (Å²) in [4.78, 5) is 10.7. The summed E-state index contributed by atoms with van der Waals surface area (Å²) in [6.07, 6.45) is 5.18. The van der Waals surface area contributed by atoms with Gasteiger partial charge in [-0.15, -0.1) is 0 Å². The van der Waals surface area contributed by atoms with Crippen LogP contribution in [-0.4, -0.2) is 28.0 Å². The quantitative estimate of drug-likeness (QED) is 0.840. The molecule has 0 saturated carbocycles. The average Bonchev–Trinajstić information content (AvgIpc) is 2.53. The van der Waals surface area contributed by atoms with Gasteiger partial charge in [-0.25, -0.2) is 0 Å². The summed E-state index contributed by atoms with van der Waals surface area (Å²) in [5.41, 5.74) is 3.40. The van der Waals surface area contributed by atoms with E-state index in [0.717, 1.165) is 31.0 Å². The van der Waals surface area contributed by atoms with E-state index in [-0.39, 0.29) is 0 Å². The molecule has 2 aromatic rings. The highest BCUT2D eigenvalue weighted by Gasteiger charge is 2.01. The fourth-order valence-corrected chi connectivity index (χ4v) is 2.05. The van der Waals surface area contributed by atoms with Crippen LogP contribution in [0.15, 0.2) is 42.9 Å². The molecule has 0 fully saturated rings. The standard InChI is InChI=1S/C16H22N4/c1-3-20(4-2)13-14-5-7-15(8-6-14)19-12-16-11-17-9-10-18-16/h5-11,19H,3-4,12-13H2,1-2H3. The van der Waals surface area contributed by atoms with Crippen molar-refractivity contribution in [3.8, 4) is 0 Å². The van der Waals surface area contributed by atoms with Crippen molar-refractivity contribution in [1.29, 1.82) is 0 Å². The Bertz CT molecular complexity index is 492. The van der Waals surface area contributed by atoms with E-state index >= 15 is 0 Å². The lowest BCUT2D eigenvalue weighted by Gasteiger charge is -2.18.